The molecule has 106 valence electrons. The van der Waals surface area contributed by atoms with Crippen LogP contribution in [-0.2, 0) is 24.4 Å². The minimum Gasteiger partial charge on any atom is -0.492 e. The Morgan fingerprint density at radius 2 is 1.90 bits per heavy atom. The van der Waals surface area contributed by atoms with E-state index < -0.39 is 0 Å². The number of ketones is 1. The third-order valence-corrected chi connectivity index (χ3v) is 4.19. The second-order valence-corrected chi connectivity index (χ2v) is 5.78. The van der Waals surface area contributed by atoms with E-state index in [-0.39, 0.29) is 5.78 Å². The summed E-state index contributed by atoms with van der Waals surface area (Å²) in [7, 11) is 0. The van der Waals surface area contributed by atoms with Gasteiger partial charge in [-0.3, -0.25) is 4.79 Å². The smallest absolute Gasteiger partial charge is 0.196 e. The number of hydrogen-bond donors (Lipinski definition) is 0. The van der Waals surface area contributed by atoms with Crippen molar-refractivity contribution in [3.8, 4) is 5.75 Å². The van der Waals surface area contributed by atoms with Crippen LogP contribution in [0, 0.1) is 0 Å². The van der Waals surface area contributed by atoms with E-state index in [0.717, 1.165) is 23.1 Å². The quantitative estimate of drug-likeness (QED) is 0.796. The Balaban J connectivity index is 1.79. The first kappa shape index (κ1) is 12.9. The fraction of sp³-hybridized carbons (Fsp3) is 0.235. The zero-order valence-corrected chi connectivity index (χ0v) is 12.1. The van der Waals surface area contributed by atoms with E-state index in [0.29, 0.717) is 41.7 Å². The van der Waals surface area contributed by atoms with E-state index in [4.69, 9.17) is 21.1 Å². The van der Waals surface area contributed by atoms with Gasteiger partial charge in [0, 0.05) is 17.0 Å². The fourth-order valence-electron chi connectivity index (χ4n) is 2.91. The predicted octanol–water partition coefficient (Wildman–Crippen LogP) is 3.54. The first-order valence-electron chi connectivity index (χ1n) is 6.92. The molecule has 0 N–H and O–H groups in total. The average molecular weight is 301 g/mol. The van der Waals surface area contributed by atoms with Crippen molar-refractivity contribution in [3.05, 3.63) is 63.2 Å². The van der Waals surface area contributed by atoms with Crippen LogP contribution >= 0.6 is 11.6 Å². The molecule has 0 saturated carbocycles. The lowest BCUT2D eigenvalue weighted by Gasteiger charge is -2.09. The van der Waals surface area contributed by atoms with Gasteiger partial charge < -0.3 is 9.47 Å². The lowest BCUT2D eigenvalue weighted by Crippen LogP contribution is -2.05. The summed E-state index contributed by atoms with van der Waals surface area (Å²) in [5.41, 5.74) is 4.45. The van der Waals surface area contributed by atoms with Gasteiger partial charge in [0.25, 0.3) is 0 Å². The van der Waals surface area contributed by atoms with Crippen molar-refractivity contribution >= 4 is 17.4 Å². The molecule has 0 aliphatic carbocycles. The molecule has 2 aliphatic heterocycles. The Kier molecular flexibility index (Phi) is 2.98. The van der Waals surface area contributed by atoms with Crippen molar-refractivity contribution in [2.75, 3.05) is 6.61 Å². The highest BCUT2D eigenvalue weighted by Gasteiger charge is 2.24. The predicted molar refractivity (Wildman–Crippen MR) is 79.0 cm³/mol. The largest absolute Gasteiger partial charge is 0.492 e. The molecule has 0 spiro atoms. The van der Waals surface area contributed by atoms with Crippen LogP contribution in [0.5, 0.6) is 5.75 Å². The third-order valence-electron chi connectivity index (χ3n) is 3.98. The molecular weight excluding hydrogens is 288 g/mol. The van der Waals surface area contributed by atoms with Crippen molar-refractivity contribution in [2.24, 2.45) is 0 Å². The molecule has 2 aliphatic rings. The maximum atomic E-state index is 12.8. The van der Waals surface area contributed by atoms with E-state index in [9.17, 15) is 4.79 Å². The van der Waals surface area contributed by atoms with Gasteiger partial charge in [0.2, 0.25) is 0 Å². The molecule has 0 bridgehead atoms. The van der Waals surface area contributed by atoms with Crippen LogP contribution in [0.2, 0.25) is 5.02 Å². The Morgan fingerprint density at radius 3 is 2.81 bits per heavy atom. The maximum absolute atomic E-state index is 12.8. The summed E-state index contributed by atoms with van der Waals surface area (Å²) in [5.74, 6) is 0.631. The highest BCUT2D eigenvalue weighted by atomic mass is 35.5. The first-order valence-corrected chi connectivity index (χ1v) is 7.29. The van der Waals surface area contributed by atoms with E-state index in [1.807, 2.05) is 24.3 Å². The van der Waals surface area contributed by atoms with Crippen LogP contribution in [0.3, 0.4) is 0 Å². The molecule has 0 atom stereocenters. The molecule has 0 unspecified atom stereocenters. The topological polar surface area (TPSA) is 35.5 Å². The normalized spacial score (nSPS) is 15.5. The summed E-state index contributed by atoms with van der Waals surface area (Å²) in [5, 5.41) is 0.576. The van der Waals surface area contributed by atoms with E-state index in [1.165, 1.54) is 0 Å². The molecular formula is C17H13ClO3. The van der Waals surface area contributed by atoms with Crippen LogP contribution in [0.15, 0.2) is 30.3 Å². The van der Waals surface area contributed by atoms with Crippen molar-refractivity contribution in [3.63, 3.8) is 0 Å². The number of halogens is 1. The van der Waals surface area contributed by atoms with Crippen LogP contribution in [0.25, 0.3) is 0 Å². The maximum Gasteiger partial charge on any atom is 0.196 e. The van der Waals surface area contributed by atoms with Gasteiger partial charge in [-0.1, -0.05) is 23.7 Å². The Morgan fingerprint density at radius 1 is 1.05 bits per heavy atom. The minimum absolute atomic E-state index is 0.0506. The lowest BCUT2D eigenvalue weighted by molar-refractivity contribution is 0.103. The van der Waals surface area contributed by atoms with Crippen molar-refractivity contribution in [2.45, 2.75) is 19.6 Å². The fourth-order valence-corrected chi connectivity index (χ4v) is 3.15. The third kappa shape index (κ3) is 2.13. The lowest BCUT2D eigenvalue weighted by atomic mass is 9.97. The number of benzene rings is 2. The van der Waals surface area contributed by atoms with Crippen LogP contribution in [0.1, 0.15) is 32.6 Å². The molecule has 3 nitrogen and oxygen atoms in total. The zero-order valence-electron chi connectivity index (χ0n) is 11.3. The van der Waals surface area contributed by atoms with E-state index in [2.05, 4.69) is 0 Å². The summed E-state index contributed by atoms with van der Waals surface area (Å²) in [6.07, 6.45) is 0.800. The van der Waals surface area contributed by atoms with Crippen molar-refractivity contribution in [1.29, 1.82) is 0 Å². The van der Waals surface area contributed by atoms with E-state index >= 15 is 0 Å². The molecule has 0 fully saturated rings. The summed E-state index contributed by atoms with van der Waals surface area (Å²) < 4.78 is 11.0. The molecule has 2 aromatic rings. The van der Waals surface area contributed by atoms with Gasteiger partial charge in [0.1, 0.15) is 5.75 Å². The second-order valence-electron chi connectivity index (χ2n) is 5.35. The summed E-state index contributed by atoms with van der Waals surface area (Å²) >= 11 is 6.13. The minimum atomic E-state index is -0.0506. The van der Waals surface area contributed by atoms with Gasteiger partial charge >= 0.3 is 0 Å². The summed E-state index contributed by atoms with van der Waals surface area (Å²) in [6.45, 7) is 1.80. The van der Waals surface area contributed by atoms with Gasteiger partial charge in [-0.15, -0.1) is 0 Å². The number of carbonyl (C=O) groups is 1. The molecule has 21 heavy (non-hydrogen) atoms. The van der Waals surface area contributed by atoms with E-state index in [1.54, 1.807) is 6.07 Å². The highest BCUT2D eigenvalue weighted by Crippen LogP contribution is 2.34. The summed E-state index contributed by atoms with van der Waals surface area (Å²) in [6, 6.07) is 9.28. The molecule has 2 aromatic carbocycles. The Bertz CT molecular complexity index is 752. The molecule has 0 saturated heterocycles. The van der Waals surface area contributed by atoms with Gasteiger partial charge in [0.15, 0.2) is 5.78 Å². The Labute approximate surface area is 127 Å². The standard InChI is InChI=1S/C17H13ClO3/c18-14-6-11-3-4-21-17(11)15(7-14)16(19)10-1-2-12-8-20-9-13(12)5-10/h1-2,5-7H,3-4,8-9H2. The highest BCUT2D eigenvalue weighted by molar-refractivity contribution is 6.31. The van der Waals surface area contributed by atoms with Crippen LogP contribution in [-0.4, -0.2) is 12.4 Å². The van der Waals surface area contributed by atoms with Gasteiger partial charge in [-0.25, -0.2) is 0 Å². The number of carbonyl (C=O) groups excluding carboxylic acids is 1. The molecule has 0 aromatic heterocycles. The van der Waals surface area contributed by atoms with Crippen molar-refractivity contribution < 1.29 is 14.3 Å². The van der Waals surface area contributed by atoms with Crippen LogP contribution < -0.4 is 4.74 Å². The second kappa shape index (κ2) is 4.86. The molecule has 0 amide bonds. The average Bonchev–Trinajstić information content (AvgIpc) is 3.12. The molecule has 2 heterocycles. The van der Waals surface area contributed by atoms with Gasteiger partial charge in [-0.05, 0) is 34.9 Å². The molecule has 0 radical (unpaired) electrons. The number of ether oxygens (including phenoxy) is 2. The molecule has 4 rings (SSSR count). The summed E-state index contributed by atoms with van der Waals surface area (Å²) in [4.78, 5) is 12.8. The van der Waals surface area contributed by atoms with Gasteiger partial charge in [-0.2, -0.15) is 0 Å². The number of hydrogen-bond acceptors (Lipinski definition) is 3. The van der Waals surface area contributed by atoms with Crippen LogP contribution in [0.4, 0.5) is 0 Å². The SMILES string of the molecule is O=C(c1ccc2c(c1)COC2)c1cc(Cl)cc2c1OCC2. The first-order chi connectivity index (χ1) is 10.2. The van der Waals surface area contributed by atoms with Crippen molar-refractivity contribution in [1.82, 2.24) is 0 Å². The van der Waals surface area contributed by atoms with Gasteiger partial charge in [0.05, 0.1) is 25.4 Å². The monoisotopic (exact) mass is 300 g/mol. The Hall–Kier alpha value is -1.84. The number of fused-ring (bicyclic) bond motifs is 2. The zero-order chi connectivity index (χ0) is 14.4. The number of rotatable bonds is 2. The molecule has 4 heteroatoms.